The van der Waals surface area contributed by atoms with Gasteiger partial charge in [-0.15, -0.1) is 0 Å². The Morgan fingerprint density at radius 1 is 1.54 bits per heavy atom. The topological polar surface area (TPSA) is 73.1 Å². The van der Waals surface area contributed by atoms with Crippen LogP contribution in [-0.4, -0.2) is 23.2 Å². The van der Waals surface area contributed by atoms with Crippen molar-refractivity contribution in [3.05, 3.63) is 0 Å². The predicted octanol–water partition coefficient (Wildman–Crippen LogP) is 0.321. The summed E-state index contributed by atoms with van der Waals surface area (Å²) in [6.07, 6.45) is 3.59. The second kappa shape index (κ2) is 4.24. The van der Waals surface area contributed by atoms with Crippen molar-refractivity contribution in [1.82, 2.24) is 5.32 Å². The van der Waals surface area contributed by atoms with Gasteiger partial charge in [-0.2, -0.15) is 5.26 Å². The maximum atomic E-state index is 11.1. The van der Waals surface area contributed by atoms with Crippen LogP contribution in [0.5, 0.6) is 0 Å². The largest absolute Gasteiger partial charge is 0.394 e. The first-order chi connectivity index (χ1) is 6.22. The van der Waals surface area contributed by atoms with Crippen LogP contribution in [0.15, 0.2) is 0 Å². The molecule has 1 saturated carbocycles. The van der Waals surface area contributed by atoms with Gasteiger partial charge >= 0.3 is 0 Å². The molecule has 2 N–H and O–H groups in total. The molecular formula is C9H14N2O2. The van der Waals surface area contributed by atoms with Crippen molar-refractivity contribution in [2.24, 2.45) is 0 Å². The minimum absolute atomic E-state index is 0.0236. The molecule has 0 aliphatic heterocycles. The SMILES string of the molecule is N#CCC(=O)NC1(CO)CCCC1. The maximum absolute atomic E-state index is 11.1. The highest BCUT2D eigenvalue weighted by molar-refractivity contribution is 5.78. The monoisotopic (exact) mass is 182 g/mol. The van der Waals surface area contributed by atoms with E-state index in [0.29, 0.717) is 0 Å². The summed E-state index contributed by atoms with van der Waals surface area (Å²) in [6.45, 7) is -0.0236. The average Bonchev–Trinajstić information content (AvgIpc) is 2.54. The molecule has 0 aromatic rings. The Balaban J connectivity index is 2.49. The summed E-state index contributed by atoms with van der Waals surface area (Å²) >= 11 is 0. The van der Waals surface area contributed by atoms with Crippen LogP contribution in [-0.2, 0) is 4.79 Å². The second-order valence-corrected chi connectivity index (χ2v) is 3.53. The molecule has 1 aliphatic rings. The lowest BCUT2D eigenvalue weighted by Gasteiger charge is -2.27. The van der Waals surface area contributed by atoms with Crippen LogP contribution in [0.1, 0.15) is 32.1 Å². The standard InChI is InChI=1S/C9H14N2O2/c10-6-3-8(13)11-9(7-12)4-1-2-5-9/h12H,1-5,7H2,(H,11,13). The van der Waals surface area contributed by atoms with E-state index >= 15 is 0 Å². The fraction of sp³-hybridized carbons (Fsp3) is 0.778. The van der Waals surface area contributed by atoms with E-state index in [-0.39, 0.29) is 18.9 Å². The van der Waals surface area contributed by atoms with Crippen molar-refractivity contribution in [2.75, 3.05) is 6.61 Å². The van der Waals surface area contributed by atoms with Crippen molar-refractivity contribution >= 4 is 5.91 Å². The Hall–Kier alpha value is -1.08. The zero-order chi connectivity index (χ0) is 9.73. The number of nitrogens with zero attached hydrogens (tertiary/aromatic N) is 1. The van der Waals surface area contributed by atoms with Crippen LogP contribution in [0, 0.1) is 11.3 Å². The fourth-order valence-electron chi connectivity index (χ4n) is 1.79. The number of amides is 1. The van der Waals surface area contributed by atoms with Crippen molar-refractivity contribution in [1.29, 1.82) is 5.26 Å². The quantitative estimate of drug-likeness (QED) is 0.660. The highest BCUT2D eigenvalue weighted by Crippen LogP contribution is 2.28. The minimum Gasteiger partial charge on any atom is -0.394 e. The summed E-state index contributed by atoms with van der Waals surface area (Å²) in [6, 6.07) is 1.79. The van der Waals surface area contributed by atoms with Crippen LogP contribution < -0.4 is 5.32 Å². The molecule has 13 heavy (non-hydrogen) atoms. The summed E-state index contributed by atoms with van der Waals surface area (Å²) in [4.78, 5) is 11.1. The molecule has 4 heteroatoms. The molecule has 1 amide bonds. The van der Waals surface area contributed by atoms with E-state index in [1.807, 2.05) is 0 Å². The average molecular weight is 182 g/mol. The Bertz CT molecular complexity index is 226. The zero-order valence-corrected chi connectivity index (χ0v) is 7.55. The van der Waals surface area contributed by atoms with Crippen molar-refractivity contribution in [3.8, 4) is 6.07 Å². The number of aliphatic hydroxyl groups is 1. The lowest BCUT2D eigenvalue weighted by Crippen LogP contribution is -2.49. The van der Waals surface area contributed by atoms with Crippen LogP contribution >= 0.6 is 0 Å². The van der Waals surface area contributed by atoms with Crippen molar-refractivity contribution < 1.29 is 9.90 Å². The molecule has 0 radical (unpaired) electrons. The van der Waals surface area contributed by atoms with Gasteiger partial charge in [-0.25, -0.2) is 0 Å². The molecule has 0 spiro atoms. The molecule has 0 aromatic heterocycles. The summed E-state index contributed by atoms with van der Waals surface area (Å²) in [5, 5.41) is 20.2. The molecular weight excluding hydrogens is 168 g/mol. The Labute approximate surface area is 77.6 Å². The third-order valence-electron chi connectivity index (χ3n) is 2.51. The summed E-state index contributed by atoms with van der Waals surface area (Å²) in [7, 11) is 0. The lowest BCUT2D eigenvalue weighted by molar-refractivity contribution is -0.122. The van der Waals surface area contributed by atoms with E-state index in [0.717, 1.165) is 25.7 Å². The molecule has 0 aromatic carbocycles. The Morgan fingerprint density at radius 3 is 2.62 bits per heavy atom. The maximum Gasteiger partial charge on any atom is 0.234 e. The summed E-state index contributed by atoms with van der Waals surface area (Å²) < 4.78 is 0. The van der Waals surface area contributed by atoms with Gasteiger partial charge in [0, 0.05) is 0 Å². The number of carbonyl (C=O) groups excluding carboxylic acids is 1. The van der Waals surface area contributed by atoms with Crippen LogP contribution in [0.25, 0.3) is 0 Å². The molecule has 72 valence electrons. The van der Waals surface area contributed by atoms with Gasteiger partial charge in [-0.3, -0.25) is 4.79 Å². The smallest absolute Gasteiger partial charge is 0.234 e. The van der Waals surface area contributed by atoms with E-state index in [9.17, 15) is 4.79 Å². The van der Waals surface area contributed by atoms with E-state index < -0.39 is 5.54 Å². The third kappa shape index (κ3) is 2.43. The first-order valence-corrected chi connectivity index (χ1v) is 4.51. The molecule has 0 atom stereocenters. The highest BCUT2D eigenvalue weighted by Gasteiger charge is 2.34. The normalized spacial score (nSPS) is 19.4. The van der Waals surface area contributed by atoms with Gasteiger partial charge in [0.1, 0.15) is 6.42 Å². The van der Waals surface area contributed by atoms with Crippen LogP contribution in [0.4, 0.5) is 0 Å². The molecule has 0 unspecified atom stereocenters. The van der Waals surface area contributed by atoms with E-state index in [1.165, 1.54) is 0 Å². The zero-order valence-electron chi connectivity index (χ0n) is 7.55. The molecule has 1 fully saturated rings. The lowest BCUT2D eigenvalue weighted by atomic mass is 9.99. The van der Waals surface area contributed by atoms with Gasteiger partial charge in [0.05, 0.1) is 18.2 Å². The van der Waals surface area contributed by atoms with Crippen molar-refractivity contribution in [3.63, 3.8) is 0 Å². The molecule has 4 nitrogen and oxygen atoms in total. The number of hydrogen-bond acceptors (Lipinski definition) is 3. The van der Waals surface area contributed by atoms with Gasteiger partial charge in [0.15, 0.2) is 0 Å². The van der Waals surface area contributed by atoms with Crippen LogP contribution in [0.3, 0.4) is 0 Å². The van der Waals surface area contributed by atoms with Gasteiger partial charge in [0.25, 0.3) is 0 Å². The molecule has 0 bridgehead atoms. The van der Waals surface area contributed by atoms with E-state index in [1.54, 1.807) is 6.07 Å². The molecule has 0 heterocycles. The molecule has 0 saturated heterocycles. The number of rotatable bonds is 3. The number of aliphatic hydroxyl groups excluding tert-OH is 1. The number of nitriles is 1. The second-order valence-electron chi connectivity index (χ2n) is 3.53. The first-order valence-electron chi connectivity index (χ1n) is 4.51. The van der Waals surface area contributed by atoms with E-state index in [2.05, 4.69) is 5.32 Å². The van der Waals surface area contributed by atoms with Gasteiger partial charge in [0.2, 0.25) is 5.91 Å². The number of carbonyl (C=O) groups is 1. The highest BCUT2D eigenvalue weighted by atomic mass is 16.3. The molecule has 1 aliphatic carbocycles. The van der Waals surface area contributed by atoms with Gasteiger partial charge in [-0.1, -0.05) is 12.8 Å². The predicted molar refractivity (Wildman–Crippen MR) is 46.7 cm³/mol. The summed E-state index contributed by atoms with van der Waals surface area (Å²) in [5.41, 5.74) is -0.437. The minimum atomic E-state index is -0.437. The Morgan fingerprint density at radius 2 is 2.15 bits per heavy atom. The number of hydrogen-bond donors (Lipinski definition) is 2. The Kier molecular flexibility index (Phi) is 3.26. The third-order valence-corrected chi connectivity index (χ3v) is 2.51. The number of nitrogens with one attached hydrogen (secondary N) is 1. The van der Waals surface area contributed by atoms with Crippen molar-refractivity contribution in [2.45, 2.75) is 37.6 Å². The first kappa shape index (κ1) is 10.0. The van der Waals surface area contributed by atoms with E-state index in [4.69, 9.17) is 10.4 Å². The van der Waals surface area contributed by atoms with Gasteiger partial charge in [-0.05, 0) is 12.8 Å². The van der Waals surface area contributed by atoms with Crippen LogP contribution in [0.2, 0.25) is 0 Å². The van der Waals surface area contributed by atoms with Gasteiger partial charge < -0.3 is 10.4 Å². The molecule has 1 rings (SSSR count). The fourth-order valence-corrected chi connectivity index (χ4v) is 1.79. The summed E-state index contributed by atoms with van der Waals surface area (Å²) in [5.74, 6) is -0.279.